The maximum atomic E-state index is 12.6. The van der Waals surface area contributed by atoms with Crippen LogP contribution in [0.25, 0.3) is 11.0 Å². The van der Waals surface area contributed by atoms with Gasteiger partial charge >= 0.3 is 5.63 Å². The van der Waals surface area contributed by atoms with Crippen molar-refractivity contribution in [2.75, 3.05) is 19.5 Å². The van der Waals surface area contributed by atoms with Crippen LogP contribution in [0.3, 0.4) is 0 Å². The van der Waals surface area contributed by atoms with E-state index in [9.17, 15) is 9.59 Å². The van der Waals surface area contributed by atoms with Crippen LogP contribution in [0.1, 0.15) is 10.4 Å². The summed E-state index contributed by atoms with van der Waals surface area (Å²) in [5.74, 6) is 0.764. The topological polar surface area (TPSA) is 77.8 Å². The molecule has 6 nitrogen and oxygen atoms in total. The van der Waals surface area contributed by atoms with Crippen LogP contribution in [0.4, 0.5) is 5.69 Å². The van der Waals surface area contributed by atoms with Gasteiger partial charge in [0.2, 0.25) is 0 Å². The fourth-order valence-corrected chi connectivity index (χ4v) is 3.06. The van der Waals surface area contributed by atoms with E-state index in [1.807, 2.05) is 0 Å². The Kier molecular flexibility index (Phi) is 4.93. The highest BCUT2D eigenvalue weighted by molar-refractivity contribution is 14.1. The van der Waals surface area contributed by atoms with Gasteiger partial charge in [-0.25, -0.2) is 4.79 Å². The molecule has 1 aromatic heterocycles. The lowest BCUT2D eigenvalue weighted by atomic mass is 10.1. The van der Waals surface area contributed by atoms with Crippen LogP contribution in [0.5, 0.6) is 11.5 Å². The zero-order valence-electron chi connectivity index (χ0n) is 13.5. The van der Waals surface area contributed by atoms with E-state index in [1.54, 1.807) is 43.5 Å². The first-order chi connectivity index (χ1) is 12.0. The van der Waals surface area contributed by atoms with Crippen molar-refractivity contribution in [3.8, 4) is 11.5 Å². The van der Waals surface area contributed by atoms with E-state index in [0.717, 1.165) is 8.96 Å². The highest BCUT2D eigenvalue weighted by Crippen LogP contribution is 2.31. The second-order valence-electron chi connectivity index (χ2n) is 5.15. The fourth-order valence-electron chi connectivity index (χ4n) is 2.38. The Morgan fingerprint density at radius 3 is 2.48 bits per heavy atom. The molecular weight excluding hydrogens is 437 g/mol. The minimum Gasteiger partial charge on any atom is -0.493 e. The summed E-state index contributed by atoms with van der Waals surface area (Å²) in [6.07, 6.45) is 0. The van der Waals surface area contributed by atoms with Crippen LogP contribution in [-0.4, -0.2) is 20.1 Å². The van der Waals surface area contributed by atoms with E-state index in [1.165, 1.54) is 13.2 Å². The van der Waals surface area contributed by atoms with Crippen molar-refractivity contribution in [2.24, 2.45) is 0 Å². The Labute approximate surface area is 156 Å². The Balaban J connectivity index is 1.92. The molecule has 3 aromatic rings. The van der Waals surface area contributed by atoms with Gasteiger partial charge in [-0.2, -0.15) is 0 Å². The van der Waals surface area contributed by atoms with Gasteiger partial charge in [0, 0.05) is 20.7 Å². The molecule has 128 valence electrons. The van der Waals surface area contributed by atoms with Crippen LogP contribution >= 0.6 is 22.6 Å². The SMILES string of the molecule is COc1cc(I)c(C(=O)Nc2ccc3oc(=O)ccc3c2)cc1OC. The third kappa shape index (κ3) is 3.60. The molecule has 2 aromatic carbocycles. The van der Waals surface area contributed by atoms with Crippen molar-refractivity contribution in [2.45, 2.75) is 0 Å². The number of benzene rings is 2. The molecule has 0 atom stereocenters. The molecule has 0 saturated carbocycles. The van der Waals surface area contributed by atoms with Gasteiger partial charge in [-0.1, -0.05) is 0 Å². The number of methoxy groups -OCH3 is 2. The number of fused-ring (bicyclic) bond motifs is 1. The van der Waals surface area contributed by atoms with Gasteiger partial charge in [-0.15, -0.1) is 0 Å². The average Bonchev–Trinajstić information content (AvgIpc) is 2.61. The summed E-state index contributed by atoms with van der Waals surface area (Å²) in [5, 5.41) is 3.56. The summed E-state index contributed by atoms with van der Waals surface area (Å²) >= 11 is 2.07. The number of amides is 1. The molecule has 25 heavy (non-hydrogen) atoms. The highest BCUT2D eigenvalue weighted by atomic mass is 127. The molecule has 3 rings (SSSR count). The molecule has 0 spiro atoms. The molecule has 0 aliphatic rings. The van der Waals surface area contributed by atoms with E-state index in [2.05, 4.69) is 27.9 Å². The molecule has 1 heterocycles. The Hall–Kier alpha value is -2.55. The Bertz CT molecular complexity index is 1010. The average molecular weight is 451 g/mol. The minimum absolute atomic E-state index is 0.276. The second kappa shape index (κ2) is 7.14. The first-order valence-electron chi connectivity index (χ1n) is 7.28. The molecule has 0 saturated heterocycles. The van der Waals surface area contributed by atoms with E-state index in [4.69, 9.17) is 13.9 Å². The van der Waals surface area contributed by atoms with E-state index < -0.39 is 5.63 Å². The quantitative estimate of drug-likeness (QED) is 0.484. The van der Waals surface area contributed by atoms with Crippen LogP contribution in [-0.2, 0) is 0 Å². The number of carbonyl (C=O) groups is 1. The fraction of sp³-hybridized carbons (Fsp3) is 0.111. The van der Waals surface area contributed by atoms with Crippen molar-refractivity contribution in [3.05, 3.63) is 62.0 Å². The monoisotopic (exact) mass is 451 g/mol. The van der Waals surface area contributed by atoms with Gasteiger partial charge in [-0.3, -0.25) is 4.79 Å². The third-order valence-corrected chi connectivity index (χ3v) is 4.49. The zero-order valence-corrected chi connectivity index (χ0v) is 15.6. The predicted molar refractivity (Wildman–Crippen MR) is 103 cm³/mol. The zero-order chi connectivity index (χ0) is 18.0. The third-order valence-electron chi connectivity index (χ3n) is 3.60. The largest absolute Gasteiger partial charge is 0.493 e. The normalized spacial score (nSPS) is 10.5. The molecule has 0 bridgehead atoms. The molecule has 0 radical (unpaired) electrons. The van der Waals surface area contributed by atoms with Gasteiger partial charge in [0.15, 0.2) is 11.5 Å². The lowest BCUT2D eigenvalue weighted by molar-refractivity contribution is 0.102. The highest BCUT2D eigenvalue weighted by Gasteiger charge is 2.16. The summed E-state index contributed by atoms with van der Waals surface area (Å²) < 4.78 is 16.3. The van der Waals surface area contributed by atoms with Gasteiger partial charge in [0.25, 0.3) is 5.91 Å². The Morgan fingerprint density at radius 2 is 1.76 bits per heavy atom. The predicted octanol–water partition coefficient (Wildman–Crippen LogP) is 3.67. The number of rotatable bonds is 4. The molecular formula is C18H14INO5. The number of halogens is 1. The number of carbonyl (C=O) groups excluding carboxylic acids is 1. The summed E-state index contributed by atoms with van der Waals surface area (Å²) in [6, 6.07) is 11.4. The van der Waals surface area contributed by atoms with E-state index in [0.29, 0.717) is 28.3 Å². The maximum Gasteiger partial charge on any atom is 0.336 e. The Morgan fingerprint density at radius 1 is 1.04 bits per heavy atom. The van der Waals surface area contributed by atoms with Gasteiger partial charge in [0.05, 0.1) is 19.8 Å². The van der Waals surface area contributed by atoms with Crippen molar-refractivity contribution in [1.82, 2.24) is 0 Å². The first kappa shape index (κ1) is 17.3. The summed E-state index contributed by atoms with van der Waals surface area (Å²) in [5.41, 5.74) is 1.12. The lowest BCUT2D eigenvalue weighted by Crippen LogP contribution is -2.14. The number of ether oxygens (including phenoxy) is 2. The van der Waals surface area contributed by atoms with Crippen LogP contribution in [0.2, 0.25) is 0 Å². The molecule has 0 unspecified atom stereocenters. The molecule has 1 N–H and O–H groups in total. The minimum atomic E-state index is -0.413. The summed E-state index contributed by atoms with van der Waals surface area (Å²) in [7, 11) is 3.06. The van der Waals surface area contributed by atoms with Gasteiger partial charge in [-0.05, 0) is 59.0 Å². The molecule has 1 amide bonds. The molecule has 0 aliphatic heterocycles. The number of anilines is 1. The van der Waals surface area contributed by atoms with Crippen molar-refractivity contribution >= 4 is 45.2 Å². The number of hydrogen-bond donors (Lipinski definition) is 1. The van der Waals surface area contributed by atoms with Crippen LogP contribution < -0.4 is 20.4 Å². The first-order valence-corrected chi connectivity index (χ1v) is 8.36. The van der Waals surface area contributed by atoms with Crippen LogP contribution in [0.15, 0.2) is 51.7 Å². The maximum absolute atomic E-state index is 12.6. The summed E-state index contributed by atoms with van der Waals surface area (Å²) in [6.45, 7) is 0. The van der Waals surface area contributed by atoms with Gasteiger partial charge < -0.3 is 19.2 Å². The molecule has 0 aliphatic carbocycles. The van der Waals surface area contributed by atoms with Crippen molar-refractivity contribution < 1.29 is 18.7 Å². The van der Waals surface area contributed by atoms with Gasteiger partial charge in [0.1, 0.15) is 5.58 Å². The van der Waals surface area contributed by atoms with E-state index in [-0.39, 0.29) is 5.91 Å². The summed E-state index contributed by atoms with van der Waals surface area (Å²) in [4.78, 5) is 23.8. The number of nitrogens with one attached hydrogen (secondary N) is 1. The smallest absolute Gasteiger partial charge is 0.336 e. The molecule has 7 heteroatoms. The van der Waals surface area contributed by atoms with Crippen molar-refractivity contribution in [3.63, 3.8) is 0 Å². The molecule has 0 fully saturated rings. The number of hydrogen-bond acceptors (Lipinski definition) is 5. The lowest BCUT2D eigenvalue weighted by Gasteiger charge is -2.12. The van der Waals surface area contributed by atoms with E-state index >= 15 is 0 Å². The standard InChI is InChI=1S/C18H14INO5/c1-23-15-8-12(13(19)9-16(15)24-2)18(22)20-11-4-5-14-10(7-11)3-6-17(21)25-14/h3-9H,1-2H3,(H,20,22). The van der Waals surface area contributed by atoms with Crippen molar-refractivity contribution in [1.29, 1.82) is 0 Å². The van der Waals surface area contributed by atoms with Crippen LogP contribution in [0, 0.1) is 3.57 Å². The second-order valence-corrected chi connectivity index (χ2v) is 6.31.